The molecule has 4 unspecified atom stereocenters. The van der Waals surface area contributed by atoms with Gasteiger partial charge in [-0.05, 0) is 30.0 Å². The first-order valence-corrected chi connectivity index (χ1v) is 8.45. The highest BCUT2D eigenvalue weighted by Crippen LogP contribution is 2.42. The summed E-state index contributed by atoms with van der Waals surface area (Å²) in [6.07, 6.45) is 0.493. The van der Waals surface area contributed by atoms with Gasteiger partial charge in [-0.2, -0.15) is 11.8 Å². The van der Waals surface area contributed by atoms with Crippen molar-refractivity contribution >= 4 is 11.8 Å². The Balaban J connectivity index is 2.16. The third kappa shape index (κ3) is 3.55. The van der Waals surface area contributed by atoms with Crippen molar-refractivity contribution in [2.45, 2.75) is 43.6 Å². The minimum atomic E-state index is -0.616. The van der Waals surface area contributed by atoms with E-state index in [4.69, 9.17) is 5.11 Å². The fraction of sp³-hybridized carbons (Fsp3) is 0.625. The van der Waals surface area contributed by atoms with E-state index in [0.717, 1.165) is 13.0 Å². The van der Waals surface area contributed by atoms with Crippen molar-refractivity contribution in [1.29, 1.82) is 0 Å². The molecule has 0 bridgehead atoms. The van der Waals surface area contributed by atoms with Gasteiger partial charge in [-0.1, -0.05) is 38.1 Å². The van der Waals surface area contributed by atoms with E-state index >= 15 is 0 Å². The lowest BCUT2D eigenvalue weighted by Crippen LogP contribution is -2.36. The first-order valence-electron chi connectivity index (χ1n) is 7.40. The monoisotopic (exact) mass is 295 g/mol. The van der Waals surface area contributed by atoms with Crippen molar-refractivity contribution in [2.24, 2.45) is 0 Å². The summed E-state index contributed by atoms with van der Waals surface area (Å²) in [6, 6.07) is 9.00. The summed E-state index contributed by atoms with van der Waals surface area (Å²) in [6.45, 7) is 5.19. The van der Waals surface area contributed by atoms with Crippen LogP contribution in [0.3, 0.4) is 0 Å². The van der Waals surface area contributed by atoms with Crippen molar-refractivity contribution < 1.29 is 10.2 Å². The molecule has 3 N–H and O–H groups in total. The summed E-state index contributed by atoms with van der Waals surface area (Å²) in [7, 11) is 0. The number of hydrogen-bond acceptors (Lipinski definition) is 4. The Morgan fingerprint density at radius 1 is 1.35 bits per heavy atom. The summed E-state index contributed by atoms with van der Waals surface area (Å²) in [5.74, 6) is 1.14. The van der Waals surface area contributed by atoms with E-state index in [0.29, 0.717) is 23.0 Å². The third-order valence-electron chi connectivity index (χ3n) is 3.96. The SMILES string of the molecule is CCNC1c2ccccc2C(C)CC1SCC(O)CO. The molecule has 0 saturated carbocycles. The molecule has 0 spiro atoms. The molecule has 0 saturated heterocycles. The average molecular weight is 295 g/mol. The molecule has 20 heavy (non-hydrogen) atoms. The molecule has 112 valence electrons. The fourth-order valence-electron chi connectivity index (χ4n) is 2.97. The van der Waals surface area contributed by atoms with Gasteiger partial charge in [-0.25, -0.2) is 0 Å². The van der Waals surface area contributed by atoms with Crippen LogP contribution in [0.5, 0.6) is 0 Å². The molecule has 0 aromatic heterocycles. The van der Waals surface area contributed by atoms with Crippen LogP contribution in [0.4, 0.5) is 0 Å². The van der Waals surface area contributed by atoms with Gasteiger partial charge in [0.05, 0.1) is 12.7 Å². The second-order valence-electron chi connectivity index (χ2n) is 5.51. The van der Waals surface area contributed by atoms with Gasteiger partial charge in [-0.3, -0.25) is 0 Å². The molecular weight excluding hydrogens is 270 g/mol. The molecule has 2 rings (SSSR count). The van der Waals surface area contributed by atoms with Gasteiger partial charge in [0.15, 0.2) is 0 Å². The normalized spacial score (nSPS) is 27.1. The minimum absolute atomic E-state index is 0.155. The molecule has 0 radical (unpaired) electrons. The Hall–Kier alpha value is -0.550. The number of aliphatic hydroxyl groups is 2. The van der Waals surface area contributed by atoms with Crippen LogP contribution >= 0.6 is 11.8 Å². The molecule has 4 atom stereocenters. The zero-order valence-electron chi connectivity index (χ0n) is 12.2. The van der Waals surface area contributed by atoms with E-state index in [1.165, 1.54) is 11.1 Å². The van der Waals surface area contributed by atoms with Gasteiger partial charge < -0.3 is 15.5 Å². The Bertz CT molecular complexity index is 427. The highest BCUT2D eigenvalue weighted by molar-refractivity contribution is 8.00. The number of nitrogens with one attached hydrogen (secondary N) is 1. The summed E-state index contributed by atoms with van der Waals surface area (Å²) < 4.78 is 0. The summed E-state index contributed by atoms with van der Waals surface area (Å²) in [4.78, 5) is 0. The minimum Gasteiger partial charge on any atom is -0.394 e. The second kappa shape index (κ2) is 7.46. The van der Waals surface area contributed by atoms with Crippen LogP contribution in [-0.2, 0) is 0 Å². The van der Waals surface area contributed by atoms with E-state index < -0.39 is 6.10 Å². The predicted molar refractivity (Wildman–Crippen MR) is 85.2 cm³/mol. The Labute approximate surface area is 125 Å². The van der Waals surface area contributed by atoms with Crippen LogP contribution < -0.4 is 5.32 Å². The van der Waals surface area contributed by atoms with Gasteiger partial charge in [-0.15, -0.1) is 0 Å². The molecule has 0 heterocycles. The number of fused-ring (bicyclic) bond motifs is 1. The molecule has 0 amide bonds. The second-order valence-corrected chi connectivity index (χ2v) is 6.78. The van der Waals surface area contributed by atoms with E-state index in [2.05, 4.69) is 43.4 Å². The van der Waals surface area contributed by atoms with Crippen LogP contribution in [0, 0.1) is 0 Å². The molecule has 1 aromatic carbocycles. The molecule has 3 nitrogen and oxygen atoms in total. The highest BCUT2D eigenvalue weighted by atomic mass is 32.2. The number of benzene rings is 1. The molecular formula is C16H25NO2S. The van der Waals surface area contributed by atoms with Gasteiger partial charge in [0.2, 0.25) is 0 Å². The topological polar surface area (TPSA) is 52.5 Å². The summed E-state index contributed by atoms with van der Waals surface area (Å²) in [5.41, 5.74) is 2.84. The number of hydrogen-bond donors (Lipinski definition) is 3. The maximum Gasteiger partial charge on any atom is 0.0861 e. The number of rotatable bonds is 6. The summed E-state index contributed by atoms with van der Waals surface area (Å²) >= 11 is 1.77. The van der Waals surface area contributed by atoms with Crippen molar-refractivity contribution in [1.82, 2.24) is 5.32 Å². The lowest BCUT2D eigenvalue weighted by atomic mass is 9.80. The molecule has 1 aliphatic rings. The van der Waals surface area contributed by atoms with Crippen LogP contribution in [0.2, 0.25) is 0 Å². The van der Waals surface area contributed by atoms with Gasteiger partial charge >= 0.3 is 0 Å². The van der Waals surface area contributed by atoms with Crippen LogP contribution in [0.1, 0.15) is 43.4 Å². The molecule has 0 aliphatic heterocycles. The lowest BCUT2D eigenvalue weighted by Gasteiger charge is -2.37. The first kappa shape index (κ1) is 15.8. The predicted octanol–water partition coefficient (Wildman–Crippen LogP) is 2.30. The van der Waals surface area contributed by atoms with Gasteiger partial charge in [0.1, 0.15) is 0 Å². The molecule has 1 aliphatic carbocycles. The Morgan fingerprint density at radius 3 is 2.70 bits per heavy atom. The zero-order valence-corrected chi connectivity index (χ0v) is 13.1. The van der Waals surface area contributed by atoms with E-state index in [1.807, 2.05) is 0 Å². The van der Waals surface area contributed by atoms with Crippen LogP contribution in [0.15, 0.2) is 24.3 Å². The van der Waals surface area contributed by atoms with E-state index in [1.54, 1.807) is 11.8 Å². The smallest absolute Gasteiger partial charge is 0.0861 e. The van der Waals surface area contributed by atoms with Crippen molar-refractivity contribution in [3.8, 4) is 0 Å². The number of thioether (sulfide) groups is 1. The fourth-order valence-corrected chi connectivity index (χ4v) is 4.40. The van der Waals surface area contributed by atoms with E-state index in [9.17, 15) is 5.11 Å². The summed E-state index contributed by atoms with van der Waals surface area (Å²) in [5, 5.41) is 22.6. The van der Waals surface area contributed by atoms with Crippen molar-refractivity contribution in [2.75, 3.05) is 18.9 Å². The third-order valence-corrected chi connectivity index (χ3v) is 5.43. The number of aliphatic hydroxyl groups excluding tert-OH is 2. The van der Waals surface area contributed by atoms with Crippen LogP contribution in [-0.4, -0.2) is 40.5 Å². The zero-order chi connectivity index (χ0) is 14.5. The van der Waals surface area contributed by atoms with E-state index in [-0.39, 0.29) is 6.61 Å². The Morgan fingerprint density at radius 2 is 2.05 bits per heavy atom. The lowest BCUT2D eigenvalue weighted by molar-refractivity contribution is 0.113. The molecule has 4 heteroatoms. The Kier molecular flexibility index (Phi) is 5.90. The first-order chi connectivity index (χ1) is 9.67. The van der Waals surface area contributed by atoms with Gasteiger partial charge in [0.25, 0.3) is 0 Å². The quantitative estimate of drug-likeness (QED) is 0.754. The largest absolute Gasteiger partial charge is 0.394 e. The molecule has 0 fully saturated rings. The average Bonchev–Trinajstić information content (AvgIpc) is 2.48. The van der Waals surface area contributed by atoms with Crippen LogP contribution in [0.25, 0.3) is 0 Å². The standard InChI is InChI=1S/C16H25NO2S/c1-3-17-16-14-7-5-4-6-13(14)11(2)8-15(16)20-10-12(19)9-18/h4-7,11-12,15-19H,3,8-10H2,1-2H3. The van der Waals surface area contributed by atoms with Crippen molar-refractivity contribution in [3.05, 3.63) is 35.4 Å². The molecule has 1 aromatic rings. The maximum atomic E-state index is 9.57. The highest BCUT2D eigenvalue weighted by Gasteiger charge is 2.32. The van der Waals surface area contributed by atoms with Crippen molar-refractivity contribution in [3.63, 3.8) is 0 Å². The maximum absolute atomic E-state index is 9.57. The van der Waals surface area contributed by atoms with Gasteiger partial charge in [0, 0.05) is 17.0 Å².